The van der Waals surface area contributed by atoms with Gasteiger partial charge in [-0.25, -0.2) is 15.0 Å². The lowest BCUT2D eigenvalue weighted by molar-refractivity contribution is -0.138. The molecule has 0 atom stereocenters. The normalized spacial score (nSPS) is 11.3. The summed E-state index contributed by atoms with van der Waals surface area (Å²) in [5.74, 6) is 0.895. The summed E-state index contributed by atoms with van der Waals surface area (Å²) in [5, 5.41) is 0. The standard InChI is InChI=1S/C26H24F3N5O3/c1-16-4-7-21(11-22(16)26(27,28)29)37-20-8-5-17(6-9-20)15-34(2)24-30-14-19(23(35)33-24)10-18-12-31-25(36-3)32-13-18/h4-9,11-14H,10,15H2,1-3H3,(H,30,33,35). The van der Waals surface area contributed by atoms with E-state index in [1.54, 1.807) is 48.6 Å². The summed E-state index contributed by atoms with van der Waals surface area (Å²) in [5.41, 5.74) is 1.24. The van der Waals surface area contributed by atoms with Crippen LogP contribution in [0.3, 0.4) is 0 Å². The molecule has 0 aliphatic rings. The second-order valence-electron chi connectivity index (χ2n) is 8.39. The maximum absolute atomic E-state index is 13.2. The quantitative estimate of drug-likeness (QED) is 0.359. The first-order chi connectivity index (χ1) is 17.6. The van der Waals surface area contributed by atoms with Crippen molar-refractivity contribution in [1.29, 1.82) is 0 Å². The van der Waals surface area contributed by atoms with Crippen LogP contribution < -0.4 is 19.9 Å². The lowest BCUT2D eigenvalue weighted by Crippen LogP contribution is -2.24. The number of methoxy groups -OCH3 is 1. The van der Waals surface area contributed by atoms with E-state index in [2.05, 4.69) is 19.9 Å². The summed E-state index contributed by atoms with van der Waals surface area (Å²) < 4.78 is 50.0. The fraction of sp³-hybridized carbons (Fsp3) is 0.231. The number of nitrogens with zero attached hydrogens (tertiary/aromatic N) is 4. The zero-order chi connectivity index (χ0) is 26.6. The second-order valence-corrected chi connectivity index (χ2v) is 8.39. The van der Waals surface area contributed by atoms with Crippen LogP contribution in [0.5, 0.6) is 17.5 Å². The largest absolute Gasteiger partial charge is 0.467 e. The summed E-state index contributed by atoms with van der Waals surface area (Å²) >= 11 is 0. The number of alkyl halides is 3. The Morgan fingerprint density at radius 3 is 2.24 bits per heavy atom. The molecule has 2 aromatic carbocycles. The van der Waals surface area contributed by atoms with Crippen molar-refractivity contribution in [3.8, 4) is 17.5 Å². The molecule has 4 aromatic rings. The van der Waals surface area contributed by atoms with Crippen LogP contribution in [0.4, 0.5) is 19.1 Å². The van der Waals surface area contributed by atoms with Crippen LogP contribution in [-0.4, -0.2) is 34.1 Å². The van der Waals surface area contributed by atoms with Crippen LogP contribution in [0.1, 0.15) is 27.8 Å². The van der Waals surface area contributed by atoms with Crippen LogP contribution >= 0.6 is 0 Å². The molecule has 0 spiro atoms. The SMILES string of the molecule is COc1ncc(Cc2cnc(N(C)Cc3ccc(Oc4ccc(C)c(C(F)(F)F)c4)cc3)[nH]c2=O)cn1. The minimum Gasteiger partial charge on any atom is -0.467 e. The lowest BCUT2D eigenvalue weighted by atomic mass is 10.1. The van der Waals surface area contributed by atoms with Gasteiger partial charge in [0.25, 0.3) is 5.56 Å². The van der Waals surface area contributed by atoms with Crippen LogP contribution in [0, 0.1) is 6.92 Å². The van der Waals surface area contributed by atoms with Crippen LogP contribution in [0.15, 0.2) is 65.8 Å². The van der Waals surface area contributed by atoms with E-state index < -0.39 is 11.7 Å². The van der Waals surface area contributed by atoms with Crippen molar-refractivity contribution in [2.24, 2.45) is 0 Å². The van der Waals surface area contributed by atoms with Crippen molar-refractivity contribution in [3.05, 3.63) is 99.2 Å². The molecule has 11 heteroatoms. The molecule has 0 saturated heterocycles. The van der Waals surface area contributed by atoms with E-state index in [9.17, 15) is 18.0 Å². The Kier molecular flexibility index (Phi) is 7.42. The molecule has 8 nitrogen and oxygen atoms in total. The van der Waals surface area contributed by atoms with E-state index in [1.165, 1.54) is 32.4 Å². The number of halogens is 3. The first-order valence-electron chi connectivity index (χ1n) is 11.2. The summed E-state index contributed by atoms with van der Waals surface area (Å²) in [6, 6.07) is 11.0. The molecule has 37 heavy (non-hydrogen) atoms. The fourth-order valence-electron chi connectivity index (χ4n) is 3.61. The molecule has 4 rings (SSSR count). The van der Waals surface area contributed by atoms with Gasteiger partial charge in [0.2, 0.25) is 5.95 Å². The molecule has 2 aromatic heterocycles. The van der Waals surface area contributed by atoms with Crippen LogP contribution in [-0.2, 0) is 19.1 Å². The summed E-state index contributed by atoms with van der Waals surface area (Å²) in [6.45, 7) is 1.83. The number of benzene rings is 2. The van der Waals surface area contributed by atoms with Gasteiger partial charge >= 0.3 is 12.2 Å². The number of aromatic amines is 1. The number of aryl methyl sites for hydroxylation is 1. The first kappa shape index (κ1) is 25.7. The Morgan fingerprint density at radius 1 is 0.946 bits per heavy atom. The average Bonchev–Trinajstić information content (AvgIpc) is 2.87. The zero-order valence-corrected chi connectivity index (χ0v) is 20.3. The van der Waals surface area contributed by atoms with E-state index in [4.69, 9.17) is 9.47 Å². The molecular weight excluding hydrogens is 487 g/mol. The van der Waals surface area contributed by atoms with Gasteiger partial charge in [-0.3, -0.25) is 9.78 Å². The Balaban J connectivity index is 1.39. The molecule has 0 saturated carbocycles. The number of H-pyrrole nitrogens is 1. The van der Waals surface area contributed by atoms with Gasteiger partial charge in [0.1, 0.15) is 11.5 Å². The molecule has 2 heterocycles. The van der Waals surface area contributed by atoms with Gasteiger partial charge in [0, 0.05) is 44.2 Å². The zero-order valence-electron chi connectivity index (χ0n) is 20.3. The summed E-state index contributed by atoms with van der Waals surface area (Å²) in [6.07, 6.45) is 0.570. The first-order valence-corrected chi connectivity index (χ1v) is 11.2. The topological polar surface area (TPSA) is 93.2 Å². The Bertz CT molecular complexity index is 1420. The van der Waals surface area contributed by atoms with Gasteiger partial charge in [0.05, 0.1) is 12.7 Å². The maximum atomic E-state index is 13.2. The third-order valence-corrected chi connectivity index (χ3v) is 5.57. The monoisotopic (exact) mass is 511 g/mol. The highest BCUT2D eigenvalue weighted by Crippen LogP contribution is 2.35. The highest BCUT2D eigenvalue weighted by atomic mass is 19.4. The number of nitrogens with one attached hydrogen (secondary N) is 1. The van der Waals surface area contributed by atoms with Crippen molar-refractivity contribution in [3.63, 3.8) is 0 Å². The second kappa shape index (κ2) is 10.7. The van der Waals surface area contributed by atoms with Gasteiger partial charge in [-0.1, -0.05) is 18.2 Å². The molecular formula is C26H24F3N5O3. The van der Waals surface area contributed by atoms with Gasteiger partial charge in [-0.05, 0) is 47.9 Å². The van der Waals surface area contributed by atoms with E-state index >= 15 is 0 Å². The molecule has 0 bridgehead atoms. The van der Waals surface area contributed by atoms with Crippen LogP contribution in [0.2, 0.25) is 0 Å². The van der Waals surface area contributed by atoms with Gasteiger partial charge < -0.3 is 14.4 Å². The predicted octanol–water partition coefficient (Wildman–Crippen LogP) is 4.92. The number of aromatic nitrogens is 4. The maximum Gasteiger partial charge on any atom is 0.416 e. The highest BCUT2D eigenvalue weighted by Gasteiger charge is 2.32. The number of rotatable bonds is 8. The third-order valence-electron chi connectivity index (χ3n) is 5.57. The number of anilines is 1. The average molecular weight is 512 g/mol. The number of ether oxygens (including phenoxy) is 2. The highest BCUT2D eigenvalue weighted by molar-refractivity contribution is 5.40. The molecule has 1 N–H and O–H groups in total. The van der Waals surface area contributed by atoms with Gasteiger partial charge in [0.15, 0.2) is 0 Å². The molecule has 0 fully saturated rings. The van der Waals surface area contributed by atoms with E-state index in [0.717, 1.165) is 17.2 Å². The smallest absolute Gasteiger partial charge is 0.416 e. The Morgan fingerprint density at radius 2 is 1.62 bits per heavy atom. The van der Waals surface area contributed by atoms with Gasteiger partial charge in [-0.15, -0.1) is 0 Å². The molecule has 0 amide bonds. The minimum atomic E-state index is -4.45. The molecule has 0 aliphatic carbocycles. The number of hydrogen-bond acceptors (Lipinski definition) is 7. The van der Waals surface area contributed by atoms with E-state index in [0.29, 0.717) is 30.2 Å². The van der Waals surface area contributed by atoms with Crippen molar-refractivity contribution >= 4 is 5.95 Å². The van der Waals surface area contributed by atoms with Gasteiger partial charge in [-0.2, -0.15) is 13.2 Å². The van der Waals surface area contributed by atoms with E-state index in [-0.39, 0.29) is 22.9 Å². The predicted molar refractivity (Wildman–Crippen MR) is 131 cm³/mol. The Labute approximate surface area is 210 Å². The minimum absolute atomic E-state index is 0.103. The van der Waals surface area contributed by atoms with Crippen LogP contribution in [0.25, 0.3) is 0 Å². The molecule has 0 unspecified atom stereocenters. The van der Waals surface area contributed by atoms with Crippen molar-refractivity contribution in [2.45, 2.75) is 26.1 Å². The number of hydrogen-bond donors (Lipinski definition) is 1. The van der Waals surface area contributed by atoms with Crippen molar-refractivity contribution in [1.82, 2.24) is 19.9 Å². The molecule has 192 valence electrons. The Hall–Kier alpha value is -4.41. The van der Waals surface area contributed by atoms with Crippen molar-refractivity contribution < 1.29 is 22.6 Å². The fourth-order valence-corrected chi connectivity index (χ4v) is 3.61. The van der Waals surface area contributed by atoms with Crippen molar-refractivity contribution in [2.75, 3.05) is 19.1 Å². The third kappa shape index (κ3) is 6.43. The summed E-state index contributed by atoms with van der Waals surface area (Å²) in [7, 11) is 3.26. The summed E-state index contributed by atoms with van der Waals surface area (Å²) in [4.78, 5) is 29.6. The lowest BCUT2D eigenvalue weighted by Gasteiger charge is -2.18. The van der Waals surface area contributed by atoms with E-state index in [1.807, 2.05) is 0 Å². The molecule has 0 radical (unpaired) electrons. The molecule has 0 aliphatic heterocycles.